The Morgan fingerprint density at radius 3 is 2.88 bits per heavy atom. The lowest BCUT2D eigenvalue weighted by atomic mass is 9.89. The summed E-state index contributed by atoms with van der Waals surface area (Å²) in [5.41, 5.74) is 1.33. The largest absolute Gasteiger partial charge is 0.331 e. The molecule has 0 N–H and O–H groups in total. The molecule has 2 aliphatic heterocycles. The first-order chi connectivity index (χ1) is 8.34. The Kier molecular flexibility index (Phi) is 3.10. The number of piperidine rings is 1. The molecule has 3 rings (SSSR count). The molecule has 2 nitrogen and oxygen atoms in total. The Balaban J connectivity index is 1.79. The van der Waals surface area contributed by atoms with E-state index >= 15 is 0 Å². The second-order valence-electron chi connectivity index (χ2n) is 4.81. The van der Waals surface area contributed by atoms with Crippen molar-refractivity contribution >= 4 is 17.7 Å². The van der Waals surface area contributed by atoms with Crippen molar-refractivity contribution in [1.29, 1.82) is 0 Å². The Labute approximate surface area is 106 Å². The summed E-state index contributed by atoms with van der Waals surface area (Å²) in [7, 11) is 0. The molecule has 0 spiro atoms. The molecule has 2 fully saturated rings. The summed E-state index contributed by atoms with van der Waals surface area (Å²) in [6.07, 6.45) is 2.98. The summed E-state index contributed by atoms with van der Waals surface area (Å²) < 4.78 is 0. The lowest BCUT2D eigenvalue weighted by Gasteiger charge is -2.41. The van der Waals surface area contributed by atoms with Crippen molar-refractivity contribution in [3.8, 4) is 0 Å². The van der Waals surface area contributed by atoms with Gasteiger partial charge < -0.3 is 4.90 Å². The second kappa shape index (κ2) is 4.73. The number of fused-ring (bicyclic) bond motifs is 1. The van der Waals surface area contributed by atoms with Gasteiger partial charge in [-0.2, -0.15) is 0 Å². The van der Waals surface area contributed by atoms with Gasteiger partial charge in [-0.05, 0) is 30.1 Å². The maximum Gasteiger partial charge on any atom is 0.224 e. The second-order valence-corrected chi connectivity index (χ2v) is 6.10. The zero-order chi connectivity index (χ0) is 11.7. The molecule has 3 heteroatoms. The fourth-order valence-corrected chi connectivity index (χ4v) is 4.14. The number of amides is 1. The highest BCUT2D eigenvalue weighted by atomic mass is 32.2. The summed E-state index contributed by atoms with van der Waals surface area (Å²) in [5, 5.41) is 0.426. The monoisotopic (exact) mass is 247 g/mol. The van der Waals surface area contributed by atoms with E-state index in [-0.39, 0.29) is 0 Å². The molecule has 1 aromatic carbocycles. The van der Waals surface area contributed by atoms with Crippen molar-refractivity contribution in [2.75, 3.05) is 12.3 Å². The fourth-order valence-electron chi connectivity index (χ4n) is 2.80. The Bertz CT molecular complexity index is 406. The first-order valence-electron chi connectivity index (χ1n) is 6.30. The lowest BCUT2D eigenvalue weighted by Crippen LogP contribution is -2.47. The molecular weight excluding hydrogens is 230 g/mol. The molecule has 0 saturated carbocycles. The van der Waals surface area contributed by atoms with Crippen LogP contribution in [0, 0.1) is 0 Å². The van der Waals surface area contributed by atoms with Crippen LogP contribution in [0.4, 0.5) is 0 Å². The average molecular weight is 247 g/mol. The molecule has 1 aromatic rings. The van der Waals surface area contributed by atoms with Crippen molar-refractivity contribution in [2.24, 2.45) is 0 Å². The number of benzene rings is 1. The van der Waals surface area contributed by atoms with Gasteiger partial charge in [0.15, 0.2) is 0 Å². The molecule has 17 heavy (non-hydrogen) atoms. The van der Waals surface area contributed by atoms with Crippen LogP contribution in [0.3, 0.4) is 0 Å². The molecule has 2 aliphatic rings. The van der Waals surface area contributed by atoms with Crippen molar-refractivity contribution in [1.82, 2.24) is 4.90 Å². The number of rotatable bonds is 1. The van der Waals surface area contributed by atoms with E-state index in [1.54, 1.807) is 0 Å². The number of carbonyl (C=O) groups is 1. The summed E-state index contributed by atoms with van der Waals surface area (Å²) in [5.74, 6) is 1.98. The van der Waals surface area contributed by atoms with E-state index in [0.717, 1.165) is 19.4 Å². The van der Waals surface area contributed by atoms with Crippen LogP contribution in [0.5, 0.6) is 0 Å². The van der Waals surface area contributed by atoms with Crippen LogP contribution in [-0.4, -0.2) is 28.5 Å². The maximum absolute atomic E-state index is 12.1. The van der Waals surface area contributed by atoms with Gasteiger partial charge in [-0.3, -0.25) is 4.79 Å². The van der Waals surface area contributed by atoms with Gasteiger partial charge in [0.05, 0.1) is 5.37 Å². The van der Waals surface area contributed by atoms with Crippen LogP contribution in [0.1, 0.15) is 30.7 Å². The van der Waals surface area contributed by atoms with E-state index in [4.69, 9.17) is 0 Å². The Morgan fingerprint density at radius 2 is 2.06 bits per heavy atom. The number of hydrogen-bond acceptors (Lipinski definition) is 2. The van der Waals surface area contributed by atoms with Crippen LogP contribution < -0.4 is 0 Å². The van der Waals surface area contributed by atoms with Gasteiger partial charge in [0.1, 0.15) is 0 Å². The standard InChI is InChI=1S/C14H17NOS/c16-13-9-12(11-5-2-1-3-6-11)10-14-15(13)7-4-8-17-14/h1-3,5-6,12,14H,4,7-10H2/t12-,14+/m1/s1. The summed E-state index contributed by atoms with van der Waals surface area (Å²) in [6.45, 7) is 0.970. The summed E-state index contributed by atoms with van der Waals surface area (Å²) in [6, 6.07) is 10.5. The van der Waals surface area contributed by atoms with E-state index in [9.17, 15) is 4.79 Å². The Hall–Kier alpha value is -0.960. The van der Waals surface area contributed by atoms with Crippen molar-refractivity contribution in [2.45, 2.75) is 30.6 Å². The minimum Gasteiger partial charge on any atom is -0.331 e. The smallest absolute Gasteiger partial charge is 0.224 e. The third-order valence-corrected chi connectivity index (χ3v) is 5.06. The van der Waals surface area contributed by atoms with Gasteiger partial charge in [-0.15, -0.1) is 11.8 Å². The highest BCUT2D eigenvalue weighted by Crippen LogP contribution is 2.38. The van der Waals surface area contributed by atoms with E-state index in [0.29, 0.717) is 23.6 Å². The third-order valence-electron chi connectivity index (χ3n) is 3.70. The zero-order valence-corrected chi connectivity index (χ0v) is 10.7. The van der Waals surface area contributed by atoms with Gasteiger partial charge >= 0.3 is 0 Å². The van der Waals surface area contributed by atoms with Gasteiger partial charge in [-0.25, -0.2) is 0 Å². The summed E-state index contributed by atoms with van der Waals surface area (Å²) >= 11 is 1.95. The normalized spacial score (nSPS) is 28.9. The molecule has 0 aliphatic carbocycles. The molecule has 1 amide bonds. The molecule has 0 radical (unpaired) electrons. The zero-order valence-electron chi connectivity index (χ0n) is 9.84. The lowest BCUT2D eigenvalue weighted by molar-refractivity contribution is -0.135. The fraction of sp³-hybridized carbons (Fsp3) is 0.500. The number of nitrogens with zero attached hydrogens (tertiary/aromatic N) is 1. The highest BCUT2D eigenvalue weighted by Gasteiger charge is 2.35. The molecule has 2 atom stereocenters. The molecule has 0 bridgehead atoms. The van der Waals surface area contributed by atoms with E-state index in [1.807, 2.05) is 17.8 Å². The molecule has 90 valence electrons. The van der Waals surface area contributed by atoms with Crippen LogP contribution in [-0.2, 0) is 4.79 Å². The maximum atomic E-state index is 12.1. The molecule has 0 aromatic heterocycles. The predicted molar refractivity (Wildman–Crippen MR) is 71.0 cm³/mol. The van der Waals surface area contributed by atoms with E-state index < -0.39 is 0 Å². The van der Waals surface area contributed by atoms with Crippen molar-refractivity contribution < 1.29 is 4.79 Å². The van der Waals surface area contributed by atoms with Crippen LogP contribution in [0.2, 0.25) is 0 Å². The van der Waals surface area contributed by atoms with Crippen LogP contribution >= 0.6 is 11.8 Å². The van der Waals surface area contributed by atoms with Gasteiger partial charge in [0.2, 0.25) is 5.91 Å². The van der Waals surface area contributed by atoms with E-state index in [2.05, 4.69) is 29.2 Å². The van der Waals surface area contributed by atoms with Crippen molar-refractivity contribution in [3.63, 3.8) is 0 Å². The quantitative estimate of drug-likeness (QED) is 0.760. The van der Waals surface area contributed by atoms with E-state index in [1.165, 1.54) is 11.3 Å². The molecule has 0 unspecified atom stereocenters. The Morgan fingerprint density at radius 1 is 1.24 bits per heavy atom. The summed E-state index contributed by atoms with van der Waals surface area (Å²) in [4.78, 5) is 14.2. The van der Waals surface area contributed by atoms with Crippen LogP contribution in [0.15, 0.2) is 30.3 Å². The van der Waals surface area contributed by atoms with Gasteiger partial charge in [-0.1, -0.05) is 30.3 Å². The molecule has 2 heterocycles. The minimum atomic E-state index is 0.349. The number of carbonyl (C=O) groups excluding carboxylic acids is 1. The number of hydrogen-bond donors (Lipinski definition) is 0. The highest BCUT2D eigenvalue weighted by molar-refractivity contribution is 7.99. The minimum absolute atomic E-state index is 0.349. The van der Waals surface area contributed by atoms with Gasteiger partial charge in [0.25, 0.3) is 0 Å². The SMILES string of the molecule is O=C1C[C@@H](c2ccccc2)C[C@@H]2SCCCN12. The van der Waals surface area contributed by atoms with Crippen LogP contribution in [0.25, 0.3) is 0 Å². The average Bonchev–Trinajstić information content (AvgIpc) is 2.40. The first-order valence-corrected chi connectivity index (χ1v) is 7.35. The van der Waals surface area contributed by atoms with Gasteiger partial charge in [0, 0.05) is 13.0 Å². The predicted octanol–water partition coefficient (Wildman–Crippen LogP) is 2.86. The topological polar surface area (TPSA) is 20.3 Å². The third kappa shape index (κ3) is 2.21. The first kappa shape index (κ1) is 11.1. The molecular formula is C14H17NOS. The number of thioether (sulfide) groups is 1. The molecule has 2 saturated heterocycles. The van der Waals surface area contributed by atoms with Crippen molar-refractivity contribution in [3.05, 3.63) is 35.9 Å².